The van der Waals surface area contributed by atoms with Crippen molar-refractivity contribution < 1.29 is 14.3 Å². The molecule has 0 rings (SSSR count). The fourth-order valence-electron chi connectivity index (χ4n) is 1.81. The second-order valence-electron chi connectivity index (χ2n) is 6.00. The zero-order chi connectivity index (χ0) is 13.8. The first-order valence-corrected chi connectivity index (χ1v) is 5.93. The molecule has 0 heterocycles. The molecule has 0 aliphatic heterocycles. The van der Waals surface area contributed by atoms with E-state index in [9.17, 15) is 9.59 Å². The van der Waals surface area contributed by atoms with Gasteiger partial charge in [-0.25, -0.2) is 0 Å². The van der Waals surface area contributed by atoms with Crippen LogP contribution in [0.5, 0.6) is 0 Å². The Hall–Kier alpha value is -1.06. The van der Waals surface area contributed by atoms with Crippen molar-refractivity contribution in [3.63, 3.8) is 0 Å². The summed E-state index contributed by atoms with van der Waals surface area (Å²) in [6.45, 7) is 10.5. The zero-order valence-electron chi connectivity index (χ0n) is 12.0. The van der Waals surface area contributed by atoms with Crippen molar-refractivity contribution in [2.45, 2.75) is 34.6 Å². The molecular weight excluding hydrogens is 218 g/mol. The first kappa shape index (κ1) is 15.9. The highest BCUT2D eigenvalue weighted by Crippen LogP contribution is 2.19. The SMILES string of the molecule is COC(=O)C(C(=O)N(C)CC(C)(C)C)C(C)C. The molecule has 1 atom stereocenters. The number of methoxy groups -OCH3 is 1. The van der Waals surface area contributed by atoms with Gasteiger partial charge in [0.25, 0.3) is 0 Å². The monoisotopic (exact) mass is 243 g/mol. The predicted octanol–water partition coefficient (Wildman–Crippen LogP) is 1.94. The molecule has 0 aliphatic rings. The third kappa shape index (κ3) is 5.20. The number of esters is 1. The van der Waals surface area contributed by atoms with E-state index in [0.717, 1.165) is 0 Å². The largest absolute Gasteiger partial charge is 0.468 e. The topological polar surface area (TPSA) is 46.6 Å². The number of hydrogen-bond acceptors (Lipinski definition) is 3. The summed E-state index contributed by atoms with van der Waals surface area (Å²) in [5, 5.41) is 0. The number of amides is 1. The first-order chi connectivity index (χ1) is 7.60. The smallest absolute Gasteiger partial charge is 0.318 e. The van der Waals surface area contributed by atoms with Gasteiger partial charge in [-0.3, -0.25) is 9.59 Å². The average Bonchev–Trinajstić information content (AvgIpc) is 2.14. The molecule has 0 saturated heterocycles. The molecule has 4 heteroatoms. The highest BCUT2D eigenvalue weighted by atomic mass is 16.5. The number of nitrogens with zero attached hydrogens (tertiary/aromatic N) is 1. The van der Waals surface area contributed by atoms with E-state index in [1.165, 1.54) is 7.11 Å². The van der Waals surface area contributed by atoms with E-state index in [2.05, 4.69) is 25.5 Å². The number of ether oxygens (including phenoxy) is 1. The van der Waals surface area contributed by atoms with Crippen LogP contribution in [-0.2, 0) is 14.3 Å². The minimum atomic E-state index is -0.702. The summed E-state index contributed by atoms with van der Waals surface area (Å²) < 4.78 is 4.69. The Bertz CT molecular complexity index is 279. The van der Waals surface area contributed by atoms with Crippen LogP contribution < -0.4 is 0 Å². The standard InChI is InChI=1S/C13H25NO3/c1-9(2)10(12(16)17-7)11(15)14(6)8-13(3,4)5/h9-10H,8H2,1-7H3. The lowest BCUT2D eigenvalue weighted by atomic mass is 9.92. The maximum atomic E-state index is 12.2. The van der Waals surface area contributed by atoms with Crippen molar-refractivity contribution in [2.75, 3.05) is 20.7 Å². The molecule has 0 aromatic rings. The quantitative estimate of drug-likeness (QED) is 0.560. The van der Waals surface area contributed by atoms with Crippen molar-refractivity contribution >= 4 is 11.9 Å². The lowest BCUT2D eigenvalue weighted by Gasteiger charge is -2.30. The van der Waals surface area contributed by atoms with E-state index < -0.39 is 11.9 Å². The van der Waals surface area contributed by atoms with Crippen LogP contribution in [0, 0.1) is 17.3 Å². The Kier molecular flexibility index (Phi) is 5.66. The van der Waals surface area contributed by atoms with Crippen molar-refractivity contribution in [3.8, 4) is 0 Å². The van der Waals surface area contributed by atoms with Crippen molar-refractivity contribution in [3.05, 3.63) is 0 Å². The van der Waals surface area contributed by atoms with Crippen LogP contribution in [0.1, 0.15) is 34.6 Å². The number of carbonyl (C=O) groups is 2. The molecule has 100 valence electrons. The molecule has 0 aromatic heterocycles. The molecule has 0 aliphatic carbocycles. The minimum absolute atomic E-state index is 0.0159. The summed E-state index contributed by atoms with van der Waals surface area (Å²) in [7, 11) is 3.04. The van der Waals surface area contributed by atoms with Crippen molar-refractivity contribution in [1.82, 2.24) is 4.90 Å². The van der Waals surface area contributed by atoms with Crippen molar-refractivity contribution in [1.29, 1.82) is 0 Å². The third-order valence-electron chi connectivity index (χ3n) is 2.48. The van der Waals surface area contributed by atoms with Crippen LogP contribution in [0.4, 0.5) is 0 Å². The minimum Gasteiger partial charge on any atom is -0.468 e. The molecule has 0 bridgehead atoms. The van der Waals surface area contributed by atoms with E-state index in [1.807, 2.05) is 13.8 Å². The molecule has 1 amide bonds. The molecule has 1 unspecified atom stereocenters. The van der Waals surface area contributed by atoms with Crippen molar-refractivity contribution in [2.24, 2.45) is 17.3 Å². The molecule has 4 nitrogen and oxygen atoms in total. The Morgan fingerprint density at radius 3 is 2.00 bits per heavy atom. The molecular formula is C13H25NO3. The number of rotatable bonds is 4. The van der Waals surface area contributed by atoms with Crippen LogP contribution in [0.25, 0.3) is 0 Å². The molecule has 0 aromatic carbocycles. The Morgan fingerprint density at radius 2 is 1.71 bits per heavy atom. The van der Waals surface area contributed by atoms with Gasteiger partial charge in [0.2, 0.25) is 5.91 Å². The summed E-state index contributed by atoms with van der Waals surface area (Å²) in [4.78, 5) is 25.4. The molecule has 17 heavy (non-hydrogen) atoms. The van der Waals surface area contributed by atoms with Gasteiger partial charge in [-0.15, -0.1) is 0 Å². The number of carbonyl (C=O) groups excluding carboxylic acids is 2. The fraction of sp³-hybridized carbons (Fsp3) is 0.846. The highest BCUT2D eigenvalue weighted by Gasteiger charge is 2.33. The molecule has 0 spiro atoms. The summed E-state index contributed by atoms with van der Waals surface area (Å²) >= 11 is 0. The van der Waals surface area contributed by atoms with Gasteiger partial charge in [-0.05, 0) is 11.3 Å². The van der Waals surface area contributed by atoms with Gasteiger partial charge in [0.05, 0.1) is 7.11 Å². The van der Waals surface area contributed by atoms with E-state index in [0.29, 0.717) is 6.54 Å². The Morgan fingerprint density at radius 1 is 1.24 bits per heavy atom. The Balaban J connectivity index is 4.79. The van der Waals surface area contributed by atoms with Crippen LogP contribution in [0.3, 0.4) is 0 Å². The van der Waals surface area contributed by atoms with E-state index in [1.54, 1.807) is 11.9 Å². The molecule has 0 saturated carbocycles. The van der Waals surface area contributed by atoms with Gasteiger partial charge in [0, 0.05) is 13.6 Å². The zero-order valence-corrected chi connectivity index (χ0v) is 12.0. The predicted molar refractivity (Wildman–Crippen MR) is 67.4 cm³/mol. The summed E-state index contributed by atoms with van der Waals surface area (Å²) in [5.41, 5.74) is 0.0159. The first-order valence-electron chi connectivity index (χ1n) is 5.93. The van der Waals surface area contributed by atoms with E-state index >= 15 is 0 Å². The van der Waals surface area contributed by atoms with Gasteiger partial charge >= 0.3 is 5.97 Å². The fourth-order valence-corrected chi connectivity index (χ4v) is 1.81. The number of hydrogen-bond donors (Lipinski definition) is 0. The highest BCUT2D eigenvalue weighted by molar-refractivity contribution is 5.97. The van der Waals surface area contributed by atoms with Gasteiger partial charge in [0.15, 0.2) is 0 Å². The summed E-state index contributed by atoms with van der Waals surface area (Å²) in [6, 6.07) is 0. The lowest BCUT2D eigenvalue weighted by molar-refractivity contribution is -0.155. The van der Waals surface area contributed by atoms with Gasteiger partial charge in [-0.2, -0.15) is 0 Å². The summed E-state index contributed by atoms with van der Waals surface area (Å²) in [6.07, 6.45) is 0. The van der Waals surface area contributed by atoms with Crippen LogP contribution in [0.2, 0.25) is 0 Å². The second-order valence-corrected chi connectivity index (χ2v) is 6.00. The van der Waals surface area contributed by atoms with E-state index in [4.69, 9.17) is 0 Å². The molecule has 0 radical (unpaired) electrons. The third-order valence-corrected chi connectivity index (χ3v) is 2.48. The van der Waals surface area contributed by atoms with Crippen LogP contribution >= 0.6 is 0 Å². The van der Waals surface area contributed by atoms with Crippen LogP contribution in [0.15, 0.2) is 0 Å². The second kappa shape index (κ2) is 6.03. The lowest BCUT2D eigenvalue weighted by Crippen LogP contribution is -2.43. The Labute approximate surface area is 104 Å². The summed E-state index contributed by atoms with van der Waals surface area (Å²) in [5.74, 6) is -1.38. The molecule has 0 N–H and O–H groups in total. The molecule has 0 fully saturated rings. The van der Waals surface area contributed by atoms with Crippen LogP contribution in [-0.4, -0.2) is 37.5 Å². The van der Waals surface area contributed by atoms with Gasteiger partial charge in [-0.1, -0.05) is 34.6 Å². The maximum absolute atomic E-state index is 12.2. The van der Waals surface area contributed by atoms with E-state index in [-0.39, 0.29) is 17.2 Å². The van der Waals surface area contributed by atoms with Gasteiger partial charge in [0.1, 0.15) is 5.92 Å². The van der Waals surface area contributed by atoms with Gasteiger partial charge < -0.3 is 9.64 Å². The average molecular weight is 243 g/mol. The maximum Gasteiger partial charge on any atom is 0.318 e. The normalized spacial score (nSPS) is 13.4.